The minimum atomic E-state index is -0.589. The predicted octanol–water partition coefficient (Wildman–Crippen LogP) is 4.77. The van der Waals surface area contributed by atoms with E-state index in [4.69, 9.17) is 16.3 Å². The molecular weight excluding hydrogens is 350 g/mol. The van der Waals surface area contributed by atoms with Crippen molar-refractivity contribution in [1.82, 2.24) is 0 Å². The second-order valence-electron chi connectivity index (χ2n) is 6.27. The Hall–Kier alpha value is -2.59. The number of anilines is 1. The number of carbonyl (C=O) groups excluding carboxylic acids is 2. The monoisotopic (exact) mass is 371 g/mol. The molecule has 5 heteroatoms. The molecule has 0 aliphatic rings. The molecule has 2 rings (SSSR count). The van der Waals surface area contributed by atoms with E-state index in [-0.39, 0.29) is 12.5 Å². The molecule has 0 bridgehead atoms. The van der Waals surface area contributed by atoms with E-state index in [1.54, 1.807) is 12.1 Å². The van der Waals surface area contributed by atoms with Crippen LogP contribution in [0.15, 0.2) is 36.4 Å². The van der Waals surface area contributed by atoms with Gasteiger partial charge in [-0.3, -0.25) is 4.79 Å². The van der Waals surface area contributed by atoms with E-state index in [0.717, 1.165) is 33.5 Å². The zero-order valence-electron chi connectivity index (χ0n) is 15.4. The van der Waals surface area contributed by atoms with E-state index in [9.17, 15) is 9.59 Å². The molecule has 4 nitrogen and oxygen atoms in total. The zero-order valence-corrected chi connectivity index (χ0v) is 16.1. The summed E-state index contributed by atoms with van der Waals surface area (Å²) in [5, 5.41) is 3.42. The minimum Gasteiger partial charge on any atom is -0.452 e. The number of halogens is 1. The van der Waals surface area contributed by atoms with E-state index in [1.165, 1.54) is 6.08 Å². The molecule has 0 saturated heterocycles. The SMILES string of the molecule is Cc1cc(C)c(NC(=O)COC(=O)/C=C/c2ccc(C)c(Cl)c2)c(C)c1. The number of amides is 1. The second-order valence-corrected chi connectivity index (χ2v) is 6.68. The van der Waals surface area contributed by atoms with Gasteiger partial charge in [0.25, 0.3) is 5.91 Å². The quantitative estimate of drug-likeness (QED) is 0.608. The highest BCUT2D eigenvalue weighted by atomic mass is 35.5. The van der Waals surface area contributed by atoms with E-state index < -0.39 is 5.97 Å². The smallest absolute Gasteiger partial charge is 0.331 e. The molecule has 0 atom stereocenters. The number of carbonyl (C=O) groups is 2. The number of hydrogen-bond acceptors (Lipinski definition) is 3. The third-order valence-corrected chi connectivity index (χ3v) is 4.30. The van der Waals surface area contributed by atoms with Gasteiger partial charge >= 0.3 is 5.97 Å². The normalized spacial score (nSPS) is 10.8. The molecule has 0 aliphatic heterocycles. The van der Waals surface area contributed by atoms with Gasteiger partial charge in [-0.2, -0.15) is 0 Å². The van der Waals surface area contributed by atoms with Gasteiger partial charge in [0.05, 0.1) is 0 Å². The van der Waals surface area contributed by atoms with Gasteiger partial charge in [-0.05, 0) is 62.1 Å². The molecule has 0 aliphatic carbocycles. The summed E-state index contributed by atoms with van der Waals surface area (Å²) in [7, 11) is 0. The van der Waals surface area contributed by atoms with Gasteiger partial charge in [0, 0.05) is 16.8 Å². The van der Waals surface area contributed by atoms with Crippen molar-refractivity contribution in [3.63, 3.8) is 0 Å². The lowest BCUT2D eigenvalue weighted by molar-refractivity contribution is -0.142. The molecule has 26 heavy (non-hydrogen) atoms. The first-order chi connectivity index (χ1) is 12.3. The molecule has 0 heterocycles. The van der Waals surface area contributed by atoms with Crippen molar-refractivity contribution < 1.29 is 14.3 Å². The minimum absolute atomic E-state index is 0.343. The van der Waals surface area contributed by atoms with Crippen molar-refractivity contribution in [2.24, 2.45) is 0 Å². The van der Waals surface area contributed by atoms with Crippen LogP contribution in [-0.2, 0) is 14.3 Å². The topological polar surface area (TPSA) is 55.4 Å². The zero-order chi connectivity index (χ0) is 19.3. The summed E-state index contributed by atoms with van der Waals surface area (Å²) in [4.78, 5) is 23.8. The number of benzene rings is 2. The molecule has 0 fully saturated rings. The highest BCUT2D eigenvalue weighted by Crippen LogP contribution is 2.21. The van der Waals surface area contributed by atoms with E-state index in [0.29, 0.717) is 5.02 Å². The fourth-order valence-electron chi connectivity index (χ4n) is 2.61. The average Bonchev–Trinajstić information content (AvgIpc) is 2.57. The molecule has 1 N–H and O–H groups in total. The summed E-state index contributed by atoms with van der Waals surface area (Å²) in [5.41, 5.74) is 5.57. The van der Waals surface area contributed by atoms with E-state index in [1.807, 2.05) is 52.0 Å². The van der Waals surface area contributed by atoms with Crippen molar-refractivity contribution in [2.75, 3.05) is 11.9 Å². The fraction of sp³-hybridized carbons (Fsp3) is 0.238. The first kappa shape index (κ1) is 19.7. The van der Waals surface area contributed by atoms with Gasteiger partial charge in [0.1, 0.15) is 0 Å². The summed E-state index contributed by atoms with van der Waals surface area (Å²) in [6, 6.07) is 9.46. The Morgan fingerprint density at radius 2 is 1.69 bits per heavy atom. The van der Waals surface area contributed by atoms with E-state index in [2.05, 4.69) is 5.32 Å². The maximum atomic E-state index is 12.0. The molecule has 2 aromatic rings. The highest BCUT2D eigenvalue weighted by molar-refractivity contribution is 6.31. The Morgan fingerprint density at radius 3 is 2.31 bits per heavy atom. The van der Waals surface area contributed by atoms with Crippen LogP contribution in [0.4, 0.5) is 5.69 Å². The fourth-order valence-corrected chi connectivity index (χ4v) is 2.80. The standard InChI is InChI=1S/C21H22ClNO3/c1-13-9-15(3)21(16(4)10-13)23-19(24)12-26-20(25)8-7-17-6-5-14(2)18(22)11-17/h5-11H,12H2,1-4H3,(H,23,24)/b8-7+. The Morgan fingerprint density at radius 1 is 1.04 bits per heavy atom. The Kier molecular flexibility index (Phi) is 6.58. The van der Waals surface area contributed by atoms with Gasteiger partial charge in [0.15, 0.2) is 6.61 Å². The van der Waals surface area contributed by atoms with Crippen LogP contribution in [0.25, 0.3) is 6.08 Å². The van der Waals surface area contributed by atoms with Crippen LogP contribution in [0.2, 0.25) is 5.02 Å². The summed E-state index contributed by atoms with van der Waals surface area (Å²) >= 11 is 6.04. The number of rotatable bonds is 5. The number of ether oxygens (including phenoxy) is 1. The molecule has 1 amide bonds. The summed E-state index contributed by atoms with van der Waals surface area (Å²) in [6.07, 6.45) is 2.87. The van der Waals surface area contributed by atoms with Crippen LogP contribution in [0.1, 0.15) is 27.8 Å². The van der Waals surface area contributed by atoms with Gasteiger partial charge in [-0.1, -0.05) is 41.4 Å². The van der Waals surface area contributed by atoms with Gasteiger partial charge in [0.2, 0.25) is 0 Å². The van der Waals surface area contributed by atoms with Gasteiger partial charge in [-0.15, -0.1) is 0 Å². The van der Waals surface area contributed by atoms with Gasteiger partial charge < -0.3 is 10.1 Å². The van der Waals surface area contributed by atoms with Crippen LogP contribution >= 0.6 is 11.6 Å². The third-order valence-electron chi connectivity index (χ3n) is 3.89. The molecular formula is C21H22ClNO3. The number of nitrogens with one attached hydrogen (secondary N) is 1. The molecule has 0 unspecified atom stereocenters. The molecule has 0 aromatic heterocycles. The number of hydrogen-bond donors (Lipinski definition) is 1. The van der Waals surface area contributed by atoms with Crippen molar-refractivity contribution in [1.29, 1.82) is 0 Å². The van der Waals surface area contributed by atoms with E-state index >= 15 is 0 Å². The first-order valence-corrected chi connectivity index (χ1v) is 8.62. The number of esters is 1. The van der Waals surface area contributed by atoms with Crippen LogP contribution in [0, 0.1) is 27.7 Å². The molecule has 0 radical (unpaired) electrons. The van der Waals surface area contributed by atoms with Crippen molar-refractivity contribution in [2.45, 2.75) is 27.7 Å². The summed E-state index contributed by atoms with van der Waals surface area (Å²) in [6.45, 7) is 7.42. The van der Waals surface area contributed by atoms with Crippen molar-refractivity contribution in [3.8, 4) is 0 Å². The van der Waals surface area contributed by atoms with Crippen LogP contribution in [0.3, 0.4) is 0 Å². The van der Waals surface area contributed by atoms with Gasteiger partial charge in [-0.25, -0.2) is 4.79 Å². The second kappa shape index (κ2) is 8.68. The molecule has 0 spiro atoms. The van der Waals surface area contributed by atoms with Crippen LogP contribution in [0.5, 0.6) is 0 Å². The van der Waals surface area contributed by atoms with Crippen LogP contribution < -0.4 is 5.32 Å². The third kappa shape index (κ3) is 5.46. The summed E-state index contributed by atoms with van der Waals surface area (Å²) < 4.78 is 4.98. The predicted molar refractivity (Wildman–Crippen MR) is 105 cm³/mol. The molecule has 2 aromatic carbocycles. The van der Waals surface area contributed by atoms with Crippen molar-refractivity contribution in [3.05, 3.63) is 69.2 Å². The lowest BCUT2D eigenvalue weighted by Crippen LogP contribution is -2.21. The lowest BCUT2D eigenvalue weighted by atomic mass is 10.1. The largest absolute Gasteiger partial charge is 0.452 e. The maximum absolute atomic E-state index is 12.0. The highest BCUT2D eigenvalue weighted by Gasteiger charge is 2.10. The van der Waals surface area contributed by atoms with Crippen molar-refractivity contribution >= 4 is 35.2 Å². The lowest BCUT2D eigenvalue weighted by Gasteiger charge is -2.12. The Bertz CT molecular complexity index is 849. The first-order valence-electron chi connectivity index (χ1n) is 8.25. The molecule has 0 saturated carbocycles. The average molecular weight is 372 g/mol. The Balaban J connectivity index is 1.90. The summed E-state index contributed by atoms with van der Waals surface area (Å²) in [5.74, 6) is -0.964. The molecule has 136 valence electrons. The Labute approximate surface area is 158 Å². The number of aryl methyl sites for hydroxylation is 4. The maximum Gasteiger partial charge on any atom is 0.331 e. The van der Waals surface area contributed by atoms with Crippen LogP contribution in [-0.4, -0.2) is 18.5 Å².